The zero-order valence-corrected chi connectivity index (χ0v) is 19.1. The molecule has 2 aliphatic carbocycles. The fraction of sp³-hybridized carbons (Fsp3) is 0.586. The molecule has 2 aromatic carbocycles. The molecule has 2 heteroatoms. The number of hydrogen-bond donors (Lipinski definition) is 0. The van der Waals surface area contributed by atoms with Crippen LogP contribution in [0.15, 0.2) is 48.5 Å². The first-order valence-corrected chi connectivity index (χ1v) is 12.5. The third-order valence-corrected chi connectivity index (χ3v) is 8.63. The number of rotatable bonds is 6. The van der Waals surface area contributed by atoms with E-state index in [9.17, 15) is 0 Å². The minimum atomic E-state index is 0.0247. The average Bonchev–Trinajstić information content (AvgIpc) is 3.69. The van der Waals surface area contributed by atoms with E-state index in [4.69, 9.17) is 9.47 Å². The monoisotopic (exact) mass is 416 g/mol. The molecule has 6 unspecified atom stereocenters. The highest BCUT2D eigenvalue weighted by atomic mass is 16.6. The van der Waals surface area contributed by atoms with Gasteiger partial charge in [0.1, 0.15) is 0 Å². The van der Waals surface area contributed by atoms with E-state index in [1.165, 1.54) is 73.6 Å². The lowest BCUT2D eigenvalue weighted by Crippen LogP contribution is -2.19. The number of benzene rings is 2. The minimum absolute atomic E-state index is 0.0247. The highest BCUT2D eigenvalue weighted by Crippen LogP contribution is 2.42. The van der Waals surface area contributed by atoms with Gasteiger partial charge in [-0.25, -0.2) is 0 Å². The van der Waals surface area contributed by atoms with Crippen molar-refractivity contribution in [1.29, 1.82) is 0 Å². The molecule has 0 spiro atoms. The standard InChI is InChI=1S/C29H36O2/c1-29(2,23-9-3-19(4-10-23)15-21-7-13-25-27(17-21)30-25)24-11-5-20(6-12-24)16-22-8-14-26-28(18-22)31-26/h3-6,9-12,21-22,25-28H,7-8,13-18H2,1-2H3. The molecule has 0 amide bonds. The Balaban J connectivity index is 1.09. The molecule has 2 nitrogen and oxygen atoms in total. The van der Waals surface area contributed by atoms with Crippen molar-refractivity contribution in [2.45, 2.75) is 95.0 Å². The van der Waals surface area contributed by atoms with E-state index in [1.807, 2.05) is 0 Å². The lowest BCUT2D eigenvalue weighted by Gasteiger charge is -2.27. The van der Waals surface area contributed by atoms with Gasteiger partial charge in [0.2, 0.25) is 0 Å². The SMILES string of the molecule is CC(C)(c1ccc(CC2CCC3OC3C2)cc1)c1ccc(CC2CCC3OC3C2)cc1. The van der Waals surface area contributed by atoms with Gasteiger partial charge in [0.25, 0.3) is 0 Å². The Labute approximate surface area is 187 Å². The first-order valence-electron chi connectivity index (χ1n) is 12.5. The highest BCUT2D eigenvalue weighted by Gasteiger charge is 2.44. The second-order valence-corrected chi connectivity index (χ2v) is 11.2. The molecule has 4 aliphatic rings. The topological polar surface area (TPSA) is 25.1 Å². The van der Waals surface area contributed by atoms with Crippen LogP contribution in [0.25, 0.3) is 0 Å². The van der Waals surface area contributed by atoms with Gasteiger partial charge in [0, 0.05) is 5.41 Å². The summed E-state index contributed by atoms with van der Waals surface area (Å²) in [5.41, 5.74) is 5.79. The maximum Gasteiger partial charge on any atom is 0.0844 e. The van der Waals surface area contributed by atoms with Gasteiger partial charge in [-0.3, -0.25) is 0 Å². The molecule has 2 aliphatic heterocycles. The lowest BCUT2D eigenvalue weighted by atomic mass is 9.77. The van der Waals surface area contributed by atoms with Gasteiger partial charge in [-0.2, -0.15) is 0 Å². The molecule has 31 heavy (non-hydrogen) atoms. The summed E-state index contributed by atoms with van der Waals surface area (Å²) in [6.45, 7) is 4.71. The molecule has 0 radical (unpaired) electrons. The molecule has 6 atom stereocenters. The van der Waals surface area contributed by atoms with Crippen molar-refractivity contribution in [3.05, 3.63) is 70.8 Å². The van der Waals surface area contributed by atoms with Crippen LogP contribution in [0.3, 0.4) is 0 Å². The fourth-order valence-corrected chi connectivity index (χ4v) is 6.29. The van der Waals surface area contributed by atoms with Crippen molar-refractivity contribution in [1.82, 2.24) is 0 Å². The van der Waals surface area contributed by atoms with Crippen molar-refractivity contribution in [2.24, 2.45) is 11.8 Å². The van der Waals surface area contributed by atoms with E-state index in [0.29, 0.717) is 24.4 Å². The minimum Gasteiger partial charge on any atom is -0.370 e. The maximum absolute atomic E-state index is 5.71. The quantitative estimate of drug-likeness (QED) is 0.521. The third-order valence-electron chi connectivity index (χ3n) is 8.63. The molecule has 0 N–H and O–H groups in total. The summed E-state index contributed by atoms with van der Waals surface area (Å²) in [6.07, 6.45) is 12.5. The lowest BCUT2D eigenvalue weighted by molar-refractivity contribution is 0.360. The molecule has 2 aromatic rings. The second kappa shape index (κ2) is 7.74. The van der Waals surface area contributed by atoms with Crippen molar-refractivity contribution in [2.75, 3.05) is 0 Å². The van der Waals surface area contributed by atoms with E-state index < -0.39 is 0 Å². The van der Waals surface area contributed by atoms with Gasteiger partial charge >= 0.3 is 0 Å². The van der Waals surface area contributed by atoms with Crippen LogP contribution in [-0.4, -0.2) is 24.4 Å². The molecular formula is C29H36O2. The highest BCUT2D eigenvalue weighted by molar-refractivity contribution is 5.40. The van der Waals surface area contributed by atoms with E-state index in [1.54, 1.807) is 0 Å². The summed E-state index contributed by atoms with van der Waals surface area (Å²) in [6, 6.07) is 18.9. The van der Waals surface area contributed by atoms with Gasteiger partial charge in [-0.15, -0.1) is 0 Å². The van der Waals surface area contributed by atoms with Gasteiger partial charge in [-0.05, 0) is 85.5 Å². The van der Waals surface area contributed by atoms with Crippen molar-refractivity contribution in [3.63, 3.8) is 0 Å². The van der Waals surface area contributed by atoms with E-state index in [0.717, 1.165) is 11.8 Å². The Morgan fingerprint density at radius 1 is 0.613 bits per heavy atom. The molecule has 2 saturated heterocycles. The Bertz CT molecular complexity index is 837. The number of fused-ring (bicyclic) bond motifs is 2. The van der Waals surface area contributed by atoms with Gasteiger partial charge in [0.05, 0.1) is 24.4 Å². The predicted octanol–water partition coefficient (Wildman–Crippen LogP) is 6.23. The Hall–Kier alpha value is -1.64. The Kier molecular flexibility index (Phi) is 5.00. The predicted molar refractivity (Wildman–Crippen MR) is 124 cm³/mol. The van der Waals surface area contributed by atoms with Crippen molar-refractivity contribution in [3.8, 4) is 0 Å². The molecular weight excluding hydrogens is 380 g/mol. The van der Waals surface area contributed by atoms with Crippen LogP contribution in [0.1, 0.15) is 74.6 Å². The molecule has 0 aromatic heterocycles. The van der Waals surface area contributed by atoms with Crippen LogP contribution in [0.4, 0.5) is 0 Å². The molecule has 0 bridgehead atoms. The van der Waals surface area contributed by atoms with E-state index >= 15 is 0 Å². The van der Waals surface area contributed by atoms with Crippen LogP contribution >= 0.6 is 0 Å². The summed E-state index contributed by atoms with van der Waals surface area (Å²) in [5, 5.41) is 0. The van der Waals surface area contributed by atoms with Crippen LogP contribution in [-0.2, 0) is 27.7 Å². The van der Waals surface area contributed by atoms with Crippen LogP contribution in [0.5, 0.6) is 0 Å². The molecule has 2 saturated carbocycles. The molecule has 6 rings (SSSR count). The Morgan fingerprint density at radius 2 is 1.03 bits per heavy atom. The summed E-state index contributed by atoms with van der Waals surface area (Å²) < 4.78 is 11.4. The van der Waals surface area contributed by atoms with Crippen LogP contribution in [0.2, 0.25) is 0 Å². The van der Waals surface area contributed by atoms with Gasteiger partial charge in [0.15, 0.2) is 0 Å². The van der Waals surface area contributed by atoms with E-state index in [2.05, 4.69) is 62.4 Å². The maximum atomic E-state index is 5.71. The zero-order chi connectivity index (χ0) is 21.0. The number of hydrogen-bond acceptors (Lipinski definition) is 2. The molecule has 4 fully saturated rings. The smallest absolute Gasteiger partial charge is 0.0844 e. The zero-order valence-electron chi connectivity index (χ0n) is 19.1. The fourth-order valence-electron chi connectivity index (χ4n) is 6.29. The summed E-state index contributed by atoms with van der Waals surface area (Å²) in [4.78, 5) is 0. The first kappa shape index (κ1) is 20.0. The molecule has 2 heterocycles. The van der Waals surface area contributed by atoms with Crippen LogP contribution < -0.4 is 0 Å². The van der Waals surface area contributed by atoms with E-state index in [-0.39, 0.29) is 5.41 Å². The first-order chi connectivity index (χ1) is 15.0. The second-order valence-electron chi connectivity index (χ2n) is 11.2. The summed E-state index contributed by atoms with van der Waals surface area (Å²) >= 11 is 0. The summed E-state index contributed by atoms with van der Waals surface area (Å²) in [7, 11) is 0. The van der Waals surface area contributed by atoms with Gasteiger partial charge < -0.3 is 9.47 Å². The van der Waals surface area contributed by atoms with Gasteiger partial charge in [-0.1, -0.05) is 62.4 Å². The number of epoxide rings is 2. The normalized spacial score (nSPS) is 34.0. The van der Waals surface area contributed by atoms with Crippen molar-refractivity contribution >= 4 is 0 Å². The summed E-state index contributed by atoms with van der Waals surface area (Å²) in [5.74, 6) is 1.60. The average molecular weight is 417 g/mol. The number of ether oxygens (including phenoxy) is 2. The molecule has 164 valence electrons. The van der Waals surface area contributed by atoms with Crippen LogP contribution in [0, 0.1) is 11.8 Å². The third kappa shape index (κ3) is 4.22. The Morgan fingerprint density at radius 3 is 1.42 bits per heavy atom. The largest absolute Gasteiger partial charge is 0.370 e. The van der Waals surface area contributed by atoms with Crippen molar-refractivity contribution < 1.29 is 9.47 Å².